The first kappa shape index (κ1) is 17.4. The summed E-state index contributed by atoms with van der Waals surface area (Å²) in [5.74, 6) is 0.202. The molecular weight excluding hydrogens is 334 g/mol. The van der Waals surface area contributed by atoms with Crippen LogP contribution in [0.3, 0.4) is 0 Å². The Kier molecular flexibility index (Phi) is 6.50. The summed E-state index contributed by atoms with van der Waals surface area (Å²) in [5.41, 5.74) is 1.10. The Morgan fingerprint density at radius 3 is 2.35 bits per heavy atom. The molecule has 2 aromatic carbocycles. The molecule has 0 heterocycles. The van der Waals surface area contributed by atoms with E-state index in [2.05, 4.69) is 10.1 Å². The zero-order valence-corrected chi connectivity index (χ0v) is 14.1. The van der Waals surface area contributed by atoms with Crippen LogP contribution in [0.25, 0.3) is 0 Å². The van der Waals surface area contributed by atoms with Gasteiger partial charge in [-0.05, 0) is 48.5 Å². The Balaban J connectivity index is 1.78. The van der Waals surface area contributed by atoms with Gasteiger partial charge in [0.25, 0.3) is 0 Å². The normalized spacial score (nSPS) is 10.2. The monoisotopic (exact) mass is 349 g/mol. The second-order valence-electron chi connectivity index (χ2n) is 4.67. The van der Waals surface area contributed by atoms with E-state index in [-0.39, 0.29) is 5.91 Å². The molecule has 1 N–H and O–H groups in total. The van der Waals surface area contributed by atoms with Gasteiger partial charge in [-0.15, -0.1) is 11.8 Å². The predicted octanol–water partition coefficient (Wildman–Crippen LogP) is 4.25. The quantitative estimate of drug-likeness (QED) is 0.625. The summed E-state index contributed by atoms with van der Waals surface area (Å²) in [7, 11) is 1.33. The maximum absolute atomic E-state index is 11.9. The fourth-order valence-electron chi connectivity index (χ4n) is 1.82. The molecule has 0 atom stereocenters. The van der Waals surface area contributed by atoms with Crippen molar-refractivity contribution in [2.24, 2.45) is 0 Å². The average Bonchev–Trinajstić information content (AvgIpc) is 2.56. The van der Waals surface area contributed by atoms with Gasteiger partial charge in [0, 0.05) is 27.8 Å². The third-order valence-corrected chi connectivity index (χ3v) is 4.27. The standard InChI is InChI=1S/C17H16ClNO3S/c1-22-17(21)12-2-6-14(7-3-12)19-16(20)10-11-23-15-8-4-13(18)5-9-15/h2-9H,10-11H2,1H3,(H,19,20). The van der Waals surface area contributed by atoms with Gasteiger partial charge in [-0.1, -0.05) is 11.6 Å². The molecular formula is C17H16ClNO3S. The van der Waals surface area contributed by atoms with Gasteiger partial charge in [0.1, 0.15) is 0 Å². The van der Waals surface area contributed by atoms with Gasteiger partial charge in [0.2, 0.25) is 5.91 Å². The molecule has 0 aliphatic carbocycles. The van der Waals surface area contributed by atoms with Crippen LogP contribution in [0.4, 0.5) is 5.69 Å². The summed E-state index contributed by atoms with van der Waals surface area (Å²) in [4.78, 5) is 24.3. The van der Waals surface area contributed by atoms with E-state index in [0.29, 0.717) is 28.4 Å². The van der Waals surface area contributed by atoms with E-state index >= 15 is 0 Å². The van der Waals surface area contributed by atoms with E-state index in [1.165, 1.54) is 7.11 Å². The van der Waals surface area contributed by atoms with Crippen LogP contribution in [0.5, 0.6) is 0 Å². The summed E-state index contributed by atoms with van der Waals surface area (Å²) in [5, 5.41) is 3.49. The predicted molar refractivity (Wildman–Crippen MR) is 93.2 cm³/mol. The molecule has 2 rings (SSSR count). The zero-order valence-electron chi connectivity index (χ0n) is 12.5. The third-order valence-electron chi connectivity index (χ3n) is 3.00. The number of carbonyl (C=O) groups excluding carboxylic acids is 2. The molecule has 4 nitrogen and oxygen atoms in total. The lowest BCUT2D eigenvalue weighted by Gasteiger charge is -2.06. The van der Waals surface area contributed by atoms with Crippen LogP contribution in [0.2, 0.25) is 5.02 Å². The number of esters is 1. The fourth-order valence-corrected chi connectivity index (χ4v) is 2.80. The number of ether oxygens (including phenoxy) is 1. The molecule has 0 aliphatic rings. The Morgan fingerprint density at radius 2 is 1.74 bits per heavy atom. The highest BCUT2D eigenvalue weighted by Crippen LogP contribution is 2.21. The molecule has 0 aliphatic heterocycles. The van der Waals surface area contributed by atoms with Gasteiger partial charge < -0.3 is 10.1 Å². The number of hydrogen-bond acceptors (Lipinski definition) is 4. The van der Waals surface area contributed by atoms with Gasteiger partial charge in [-0.25, -0.2) is 4.79 Å². The van der Waals surface area contributed by atoms with E-state index < -0.39 is 5.97 Å². The number of thioether (sulfide) groups is 1. The summed E-state index contributed by atoms with van der Waals surface area (Å²) >= 11 is 7.42. The summed E-state index contributed by atoms with van der Waals surface area (Å²) in [6, 6.07) is 14.1. The van der Waals surface area contributed by atoms with Crippen molar-refractivity contribution < 1.29 is 14.3 Å². The van der Waals surface area contributed by atoms with E-state index in [0.717, 1.165) is 4.90 Å². The lowest BCUT2D eigenvalue weighted by Crippen LogP contribution is -2.12. The highest BCUT2D eigenvalue weighted by atomic mass is 35.5. The molecule has 0 fully saturated rings. The lowest BCUT2D eigenvalue weighted by atomic mass is 10.2. The number of rotatable bonds is 6. The number of anilines is 1. The molecule has 6 heteroatoms. The fraction of sp³-hybridized carbons (Fsp3) is 0.176. The Hall–Kier alpha value is -1.98. The van der Waals surface area contributed by atoms with Gasteiger partial charge in [0.15, 0.2) is 0 Å². The highest BCUT2D eigenvalue weighted by Gasteiger charge is 2.06. The average molecular weight is 350 g/mol. The van der Waals surface area contributed by atoms with Crippen LogP contribution in [-0.4, -0.2) is 24.7 Å². The van der Waals surface area contributed by atoms with Gasteiger partial charge in [-0.3, -0.25) is 4.79 Å². The van der Waals surface area contributed by atoms with E-state index in [4.69, 9.17) is 11.6 Å². The molecule has 0 aromatic heterocycles. The summed E-state index contributed by atoms with van der Waals surface area (Å²) < 4.78 is 4.62. The Labute approximate surface area is 144 Å². The number of hydrogen-bond donors (Lipinski definition) is 1. The van der Waals surface area contributed by atoms with Crippen molar-refractivity contribution in [2.75, 3.05) is 18.2 Å². The minimum Gasteiger partial charge on any atom is -0.465 e. The highest BCUT2D eigenvalue weighted by molar-refractivity contribution is 7.99. The number of benzene rings is 2. The maximum Gasteiger partial charge on any atom is 0.337 e. The first-order valence-electron chi connectivity index (χ1n) is 6.95. The molecule has 0 bridgehead atoms. The molecule has 1 amide bonds. The van der Waals surface area contributed by atoms with E-state index in [1.54, 1.807) is 36.0 Å². The van der Waals surface area contributed by atoms with Crippen LogP contribution >= 0.6 is 23.4 Å². The molecule has 0 spiro atoms. The van der Waals surface area contributed by atoms with Crippen LogP contribution in [0.15, 0.2) is 53.4 Å². The summed E-state index contributed by atoms with van der Waals surface area (Å²) in [6.07, 6.45) is 0.395. The number of halogens is 1. The maximum atomic E-state index is 11.9. The number of amides is 1. The van der Waals surface area contributed by atoms with Crippen molar-refractivity contribution in [3.63, 3.8) is 0 Å². The lowest BCUT2D eigenvalue weighted by molar-refractivity contribution is -0.115. The number of carbonyl (C=O) groups is 2. The summed E-state index contributed by atoms with van der Waals surface area (Å²) in [6.45, 7) is 0. The third kappa shape index (κ3) is 5.62. The van der Waals surface area contributed by atoms with Crippen LogP contribution < -0.4 is 5.32 Å². The van der Waals surface area contributed by atoms with Gasteiger partial charge in [-0.2, -0.15) is 0 Å². The van der Waals surface area contributed by atoms with E-state index in [1.807, 2.05) is 24.3 Å². The second-order valence-corrected chi connectivity index (χ2v) is 6.27. The van der Waals surface area contributed by atoms with Crippen molar-refractivity contribution in [1.82, 2.24) is 0 Å². The van der Waals surface area contributed by atoms with Gasteiger partial charge in [0.05, 0.1) is 12.7 Å². The largest absolute Gasteiger partial charge is 0.465 e. The Bertz CT molecular complexity index is 671. The molecule has 0 unspecified atom stereocenters. The number of nitrogens with one attached hydrogen (secondary N) is 1. The van der Waals surface area contributed by atoms with Crippen molar-refractivity contribution in [2.45, 2.75) is 11.3 Å². The van der Waals surface area contributed by atoms with Crippen molar-refractivity contribution in [3.05, 3.63) is 59.1 Å². The molecule has 0 radical (unpaired) electrons. The van der Waals surface area contributed by atoms with Crippen molar-refractivity contribution in [3.8, 4) is 0 Å². The number of methoxy groups -OCH3 is 1. The molecule has 0 saturated heterocycles. The van der Waals surface area contributed by atoms with Crippen LogP contribution in [-0.2, 0) is 9.53 Å². The zero-order chi connectivity index (χ0) is 16.7. The van der Waals surface area contributed by atoms with Crippen LogP contribution in [0.1, 0.15) is 16.8 Å². The minimum absolute atomic E-state index is 0.0720. The van der Waals surface area contributed by atoms with Crippen molar-refractivity contribution in [1.29, 1.82) is 0 Å². The molecule has 2 aromatic rings. The second kappa shape index (κ2) is 8.60. The molecule has 0 saturated carbocycles. The molecule has 23 heavy (non-hydrogen) atoms. The Morgan fingerprint density at radius 1 is 1.09 bits per heavy atom. The first-order chi connectivity index (χ1) is 11.1. The smallest absolute Gasteiger partial charge is 0.337 e. The van der Waals surface area contributed by atoms with Crippen LogP contribution in [0, 0.1) is 0 Å². The van der Waals surface area contributed by atoms with E-state index in [9.17, 15) is 9.59 Å². The van der Waals surface area contributed by atoms with Crippen molar-refractivity contribution >= 4 is 40.9 Å². The topological polar surface area (TPSA) is 55.4 Å². The first-order valence-corrected chi connectivity index (χ1v) is 8.31. The SMILES string of the molecule is COC(=O)c1ccc(NC(=O)CCSc2ccc(Cl)cc2)cc1. The molecule has 120 valence electrons. The minimum atomic E-state index is -0.401. The van der Waals surface area contributed by atoms with Gasteiger partial charge >= 0.3 is 5.97 Å².